The van der Waals surface area contributed by atoms with Crippen molar-refractivity contribution < 1.29 is 0 Å². The van der Waals surface area contributed by atoms with Gasteiger partial charge in [0.15, 0.2) is 0 Å². The Morgan fingerprint density at radius 3 is 1.73 bits per heavy atom. The molecule has 0 unspecified atom stereocenters. The molecule has 0 saturated carbocycles. The summed E-state index contributed by atoms with van der Waals surface area (Å²) < 4.78 is 0. The third-order valence-corrected chi connectivity index (χ3v) is 2.44. The van der Waals surface area contributed by atoms with Crippen molar-refractivity contribution in [1.82, 2.24) is 5.32 Å². The van der Waals surface area contributed by atoms with Gasteiger partial charge in [-0.2, -0.15) is 0 Å². The SMILES string of the molecule is C#CC(C)(C)NC(CC(C)C)CC(C)C. The number of terminal acetylenes is 1. The Bertz CT molecular complexity index is 198. The molecule has 0 aromatic heterocycles. The molecule has 0 bridgehead atoms. The third kappa shape index (κ3) is 7.45. The average Bonchev–Trinajstić information content (AvgIpc) is 2.00. The van der Waals surface area contributed by atoms with Crippen LogP contribution in [0.25, 0.3) is 0 Å². The molecular formula is C14H27N. The molecule has 15 heavy (non-hydrogen) atoms. The predicted molar refractivity (Wildman–Crippen MR) is 68.7 cm³/mol. The van der Waals surface area contributed by atoms with Gasteiger partial charge < -0.3 is 0 Å². The van der Waals surface area contributed by atoms with Gasteiger partial charge in [-0.15, -0.1) is 6.42 Å². The highest BCUT2D eigenvalue weighted by atomic mass is 15.0. The van der Waals surface area contributed by atoms with Gasteiger partial charge in [0, 0.05) is 6.04 Å². The van der Waals surface area contributed by atoms with Crippen LogP contribution < -0.4 is 5.32 Å². The molecule has 0 heterocycles. The van der Waals surface area contributed by atoms with Crippen molar-refractivity contribution in [3.63, 3.8) is 0 Å². The third-order valence-electron chi connectivity index (χ3n) is 2.44. The lowest BCUT2D eigenvalue weighted by atomic mass is 9.93. The second kappa shape index (κ2) is 6.18. The number of hydrogen-bond donors (Lipinski definition) is 1. The van der Waals surface area contributed by atoms with Crippen molar-refractivity contribution in [2.75, 3.05) is 0 Å². The van der Waals surface area contributed by atoms with E-state index in [-0.39, 0.29) is 5.54 Å². The summed E-state index contributed by atoms with van der Waals surface area (Å²) >= 11 is 0. The van der Waals surface area contributed by atoms with Crippen molar-refractivity contribution in [2.24, 2.45) is 11.8 Å². The van der Waals surface area contributed by atoms with Crippen molar-refractivity contribution in [1.29, 1.82) is 0 Å². The Hall–Kier alpha value is -0.480. The minimum atomic E-state index is -0.186. The Labute approximate surface area is 96.0 Å². The Balaban J connectivity index is 4.31. The zero-order chi connectivity index (χ0) is 12.1. The molecule has 0 radical (unpaired) electrons. The van der Waals surface area contributed by atoms with Crippen molar-refractivity contribution in [2.45, 2.75) is 66.0 Å². The summed E-state index contributed by atoms with van der Waals surface area (Å²) in [6.45, 7) is 13.2. The fourth-order valence-corrected chi connectivity index (χ4v) is 1.90. The van der Waals surface area contributed by atoms with Crippen LogP contribution >= 0.6 is 0 Å². The number of nitrogens with one attached hydrogen (secondary N) is 1. The van der Waals surface area contributed by atoms with E-state index in [4.69, 9.17) is 6.42 Å². The lowest BCUT2D eigenvalue weighted by molar-refractivity contribution is 0.312. The monoisotopic (exact) mass is 209 g/mol. The first-order valence-corrected chi connectivity index (χ1v) is 6.02. The van der Waals surface area contributed by atoms with Gasteiger partial charge in [0.2, 0.25) is 0 Å². The maximum absolute atomic E-state index is 5.50. The summed E-state index contributed by atoms with van der Waals surface area (Å²) in [5, 5.41) is 3.57. The summed E-state index contributed by atoms with van der Waals surface area (Å²) in [5.74, 6) is 4.24. The summed E-state index contributed by atoms with van der Waals surface area (Å²) in [4.78, 5) is 0. The van der Waals surface area contributed by atoms with Gasteiger partial charge in [0.25, 0.3) is 0 Å². The fourth-order valence-electron chi connectivity index (χ4n) is 1.90. The topological polar surface area (TPSA) is 12.0 Å². The zero-order valence-corrected chi connectivity index (χ0v) is 11.2. The molecule has 88 valence electrons. The van der Waals surface area contributed by atoms with Gasteiger partial charge in [0.05, 0.1) is 5.54 Å². The quantitative estimate of drug-likeness (QED) is 0.661. The summed E-state index contributed by atoms with van der Waals surface area (Å²) in [5.41, 5.74) is -0.186. The molecule has 1 N–H and O–H groups in total. The van der Waals surface area contributed by atoms with Crippen LogP contribution in [0.1, 0.15) is 54.4 Å². The maximum atomic E-state index is 5.50. The second-order valence-corrected chi connectivity index (χ2v) is 5.87. The van der Waals surface area contributed by atoms with Crippen molar-refractivity contribution >= 4 is 0 Å². The van der Waals surface area contributed by atoms with Crippen LogP contribution in [0.3, 0.4) is 0 Å². The van der Waals surface area contributed by atoms with E-state index >= 15 is 0 Å². The molecule has 0 atom stereocenters. The Morgan fingerprint density at radius 2 is 1.47 bits per heavy atom. The molecular weight excluding hydrogens is 182 g/mol. The highest BCUT2D eigenvalue weighted by Gasteiger charge is 2.20. The molecule has 0 aromatic carbocycles. The van der Waals surface area contributed by atoms with E-state index in [1.807, 2.05) is 0 Å². The van der Waals surface area contributed by atoms with Gasteiger partial charge in [0.1, 0.15) is 0 Å². The van der Waals surface area contributed by atoms with Gasteiger partial charge in [-0.3, -0.25) is 5.32 Å². The largest absolute Gasteiger partial charge is 0.299 e. The summed E-state index contributed by atoms with van der Waals surface area (Å²) in [6.07, 6.45) is 7.90. The van der Waals surface area contributed by atoms with Crippen LogP contribution in [-0.2, 0) is 0 Å². The van der Waals surface area contributed by atoms with Crippen LogP contribution in [0, 0.1) is 24.2 Å². The Morgan fingerprint density at radius 1 is 1.07 bits per heavy atom. The van der Waals surface area contributed by atoms with E-state index in [1.165, 1.54) is 12.8 Å². The maximum Gasteiger partial charge on any atom is 0.0743 e. The van der Waals surface area contributed by atoms with Gasteiger partial charge in [-0.05, 0) is 38.5 Å². The molecule has 0 saturated heterocycles. The normalized spacial score (nSPS) is 12.5. The van der Waals surface area contributed by atoms with Crippen molar-refractivity contribution in [3.05, 3.63) is 0 Å². The van der Waals surface area contributed by atoms with Gasteiger partial charge in [-0.25, -0.2) is 0 Å². The molecule has 0 rings (SSSR count). The number of rotatable bonds is 6. The summed E-state index contributed by atoms with van der Waals surface area (Å²) in [7, 11) is 0. The molecule has 0 amide bonds. The standard InChI is InChI=1S/C14H27N/c1-8-14(6,7)15-13(9-11(2)3)10-12(4)5/h1,11-13,15H,9-10H2,2-7H3. The highest BCUT2D eigenvalue weighted by molar-refractivity contribution is 5.08. The number of hydrogen-bond acceptors (Lipinski definition) is 1. The van der Waals surface area contributed by atoms with Crippen LogP contribution in [0.4, 0.5) is 0 Å². The molecule has 0 aromatic rings. The molecule has 0 spiro atoms. The average molecular weight is 209 g/mol. The van der Waals surface area contributed by atoms with E-state index in [9.17, 15) is 0 Å². The minimum absolute atomic E-state index is 0.186. The lowest BCUT2D eigenvalue weighted by Gasteiger charge is -2.30. The first-order valence-electron chi connectivity index (χ1n) is 6.02. The zero-order valence-electron chi connectivity index (χ0n) is 11.2. The molecule has 0 aliphatic rings. The van der Waals surface area contributed by atoms with Crippen LogP contribution in [0.5, 0.6) is 0 Å². The molecule has 1 nitrogen and oxygen atoms in total. The Kier molecular flexibility index (Phi) is 5.98. The van der Waals surface area contributed by atoms with E-state index in [0.29, 0.717) is 6.04 Å². The molecule has 1 heteroatoms. The summed E-state index contributed by atoms with van der Waals surface area (Å²) in [6, 6.07) is 0.538. The van der Waals surface area contributed by atoms with E-state index in [1.54, 1.807) is 0 Å². The van der Waals surface area contributed by atoms with Gasteiger partial charge in [-0.1, -0.05) is 33.6 Å². The highest BCUT2D eigenvalue weighted by Crippen LogP contribution is 2.16. The minimum Gasteiger partial charge on any atom is -0.299 e. The molecule has 0 aliphatic heterocycles. The van der Waals surface area contributed by atoms with Crippen LogP contribution in [0.15, 0.2) is 0 Å². The second-order valence-electron chi connectivity index (χ2n) is 5.87. The van der Waals surface area contributed by atoms with Crippen LogP contribution in [0.2, 0.25) is 0 Å². The first-order chi connectivity index (χ1) is 6.76. The van der Waals surface area contributed by atoms with Crippen molar-refractivity contribution in [3.8, 4) is 12.3 Å². The molecule has 0 aliphatic carbocycles. The van der Waals surface area contributed by atoms with Crippen LogP contribution in [-0.4, -0.2) is 11.6 Å². The lowest BCUT2D eigenvalue weighted by Crippen LogP contribution is -2.46. The fraction of sp³-hybridized carbons (Fsp3) is 0.857. The van der Waals surface area contributed by atoms with Gasteiger partial charge >= 0.3 is 0 Å². The smallest absolute Gasteiger partial charge is 0.0743 e. The van der Waals surface area contributed by atoms with E-state index in [0.717, 1.165) is 11.8 Å². The van der Waals surface area contributed by atoms with E-state index in [2.05, 4.69) is 52.8 Å². The first kappa shape index (κ1) is 14.5. The predicted octanol–water partition coefficient (Wildman–Crippen LogP) is 3.45. The molecule has 0 fully saturated rings. The van der Waals surface area contributed by atoms with E-state index < -0.39 is 0 Å².